The van der Waals surface area contributed by atoms with Crippen molar-refractivity contribution < 1.29 is 9.59 Å². The molecule has 0 spiro atoms. The molecule has 0 aliphatic carbocycles. The molecule has 0 aliphatic heterocycles. The Bertz CT molecular complexity index is 889. The molecule has 0 saturated heterocycles. The molecule has 0 aliphatic rings. The van der Waals surface area contributed by atoms with Gasteiger partial charge in [0.25, 0.3) is 0 Å². The Morgan fingerprint density at radius 3 is 2.40 bits per heavy atom. The lowest BCUT2D eigenvalue weighted by molar-refractivity contribution is -0.138. The van der Waals surface area contributed by atoms with E-state index in [4.69, 9.17) is 23.2 Å². The number of rotatable bonds is 9. The highest BCUT2D eigenvalue weighted by Crippen LogP contribution is 2.25. The predicted octanol–water partition coefficient (Wildman–Crippen LogP) is 5.48. The van der Waals surface area contributed by atoms with Crippen molar-refractivity contribution in [1.29, 1.82) is 0 Å². The summed E-state index contributed by atoms with van der Waals surface area (Å²) in [6.07, 6.45) is 0. The fourth-order valence-corrected chi connectivity index (χ4v) is 4.14. The van der Waals surface area contributed by atoms with Crippen LogP contribution in [0.5, 0.6) is 0 Å². The van der Waals surface area contributed by atoms with Gasteiger partial charge in [-0.2, -0.15) is 0 Å². The lowest BCUT2D eigenvalue weighted by Crippen LogP contribution is -2.49. The van der Waals surface area contributed by atoms with Gasteiger partial charge in [0.2, 0.25) is 11.8 Å². The average Bonchev–Trinajstić information content (AvgIpc) is 2.67. The third-order valence-corrected chi connectivity index (χ3v) is 6.24. The van der Waals surface area contributed by atoms with Crippen molar-refractivity contribution in [1.82, 2.24) is 10.2 Å². The van der Waals surface area contributed by atoms with Crippen LogP contribution in [0.1, 0.15) is 37.5 Å². The summed E-state index contributed by atoms with van der Waals surface area (Å²) in [5.74, 6) is 0.673. The molecule has 1 atom stereocenters. The van der Waals surface area contributed by atoms with Gasteiger partial charge in [0, 0.05) is 18.3 Å². The second-order valence-corrected chi connectivity index (χ2v) is 9.39. The second kappa shape index (κ2) is 11.6. The molecule has 0 radical (unpaired) electrons. The van der Waals surface area contributed by atoms with E-state index in [0.29, 0.717) is 22.3 Å². The maximum absolute atomic E-state index is 13.1. The molecular formula is C23H28Cl2N2O2S. The Balaban J connectivity index is 2.08. The van der Waals surface area contributed by atoms with Gasteiger partial charge in [-0.05, 0) is 51.0 Å². The van der Waals surface area contributed by atoms with Crippen molar-refractivity contribution in [2.75, 3.05) is 5.75 Å². The molecule has 7 heteroatoms. The van der Waals surface area contributed by atoms with Crippen molar-refractivity contribution in [2.45, 2.75) is 52.1 Å². The first-order valence-corrected chi connectivity index (χ1v) is 11.8. The summed E-state index contributed by atoms with van der Waals surface area (Å²) in [6, 6.07) is 12.9. The highest BCUT2D eigenvalue weighted by molar-refractivity contribution is 7.99. The Kier molecular flexibility index (Phi) is 9.53. The van der Waals surface area contributed by atoms with Gasteiger partial charge in [0.05, 0.1) is 15.8 Å². The van der Waals surface area contributed by atoms with Crippen LogP contribution >= 0.6 is 35.0 Å². The standard InChI is InChI=1S/C23H28Cl2N2O2S/c1-15(2)26-23(29)17(4)27(12-18-7-5-6-16(3)10-18)22(28)14-30-13-19-8-9-20(24)21(25)11-19/h5-11,15,17H,12-14H2,1-4H3,(H,26,29). The third-order valence-electron chi connectivity index (χ3n) is 4.51. The van der Waals surface area contributed by atoms with Crippen molar-refractivity contribution in [3.8, 4) is 0 Å². The minimum Gasteiger partial charge on any atom is -0.352 e. The fraction of sp³-hybridized carbons (Fsp3) is 0.391. The van der Waals surface area contributed by atoms with Crippen LogP contribution in [-0.4, -0.2) is 34.6 Å². The maximum atomic E-state index is 13.1. The zero-order chi connectivity index (χ0) is 22.3. The fourth-order valence-electron chi connectivity index (χ4n) is 2.96. The number of nitrogens with one attached hydrogen (secondary N) is 1. The van der Waals surface area contributed by atoms with Gasteiger partial charge in [-0.1, -0.05) is 59.1 Å². The van der Waals surface area contributed by atoms with Crippen molar-refractivity contribution in [3.05, 3.63) is 69.2 Å². The number of benzene rings is 2. The van der Waals surface area contributed by atoms with E-state index < -0.39 is 6.04 Å². The summed E-state index contributed by atoms with van der Waals surface area (Å²) < 4.78 is 0. The normalized spacial score (nSPS) is 12.0. The van der Waals surface area contributed by atoms with E-state index in [1.165, 1.54) is 11.8 Å². The molecule has 4 nitrogen and oxygen atoms in total. The number of halogens is 2. The van der Waals surface area contributed by atoms with E-state index in [2.05, 4.69) is 5.32 Å². The first-order chi connectivity index (χ1) is 14.2. The molecular weight excluding hydrogens is 439 g/mol. The molecule has 0 saturated carbocycles. The van der Waals surface area contributed by atoms with E-state index in [0.717, 1.165) is 16.7 Å². The SMILES string of the molecule is Cc1cccc(CN(C(=O)CSCc2ccc(Cl)c(Cl)c2)C(C)C(=O)NC(C)C)c1. The highest BCUT2D eigenvalue weighted by atomic mass is 35.5. The molecule has 0 aromatic heterocycles. The van der Waals surface area contributed by atoms with E-state index in [-0.39, 0.29) is 23.6 Å². The summed E-state index contributed by atoms with van der Waals surface area (Å²) in [6.45, 7) is 7.99. The van der Waals surface area contributed by atoms with Gasteiger partial charge in [-0.3, -0.25) is 9.59 Å². The van der Waals surface area contributed by atoms with Crippen LogP contribution in [0.2, 0.25) is 10.0 Å². The molecule has 2 aromatic rings. The van der Waals surface area contributed by atoms with Gasteiger partial charge in [-0.25, -0.2) is 0 Å². The Morgan fingerprint density at radius 1 is 1.03 bits per heavy atom. The van der Waals surface area contributed by atoms with Crippen LogP contribution in [0.4, 0.5) is 0 Å². The zero-order valence-corrected chi connectivity index (χ0v) is 20.1. The Hall–Kier alpha value is -1.69. The van der Waals surface area contributed by atoms with Crippen molar-refractivity contribution >= 4 is 46.8 Å². The summed E-state index contributed by atoms with van der Waals surface area (Å²) in [7, 11) is 0. The summed E-state index contributed by atoms with van der Waals surface area (Å²) in [4.78, 5) is 27.3. The molecule has 0 bridgehead atoms. The number of carbonyl (C=O) groups excluding carboxylic acids is 2. The van der Waals surface area contributed by atoms with Crippen LogP contribution in [0.3, 0.4) is 0 Å². The number of amides is 2. The smallest absolute Gasteiger partial charge is 0.242 e. The van der Waals surface area contributed by atoms with Gasteiger partial charge < -0.3 is 10.2 Å². The number of thioether (sulfide) groups is 1. The number of hydrogen-bond donors (Lipinski definition) is 1. The topological polar surface area (TPSA) is 49.4 Å². The summed E-state index contributed by atoms with van der Waals surface area (Å²) >= 11 is 13.5. The second-order valence-electron chi connectivity index (χ2n) is 7.59. The number of carbonyl (C=O) groups is 2. The van der Waals surface area contributed by atoms with Crippen molar-refractivity contribution in [3.63, 3.8) is 0 Å². The van der Waals surface area contributed by atoms with Gasteiger partial charge in [0.1, 0.15) is 6.04 Å². The minimum absolute atomic E-state index is 0.0138. The van der Waals surface area contributed by atoms with Gasteiger partial charge in [0.15, 0.2) is 0 Å². The monoisotopic (exact) mass is 466 g/mol. The molecule has 0 fully saturated rings. The molecule has 1 N–H and O–H groups in total. The van der Waals surface area contributed by atoms with Crippen LogP contribution in [0, 0.1) is 6.92 Å². The molecule has 2 rings (SSSR count). The highest BCUT2D eigenvalue weighted by Gasteiger charge is 2.26. The van der Waals surface area contributed by atoms with Crippen LogP contribution in [0.25, 0.3) is 0 Å². The molecule has 30 heavy (non-hydrogen) atoms. The lowest BCUT2D eigenvalue weighted by Gasteiger charge is -2.29. The van der Waals surface area contributed by atoms with E-state index in [1.54, 1.807) is 17.9 Å². The Morgan fingerprint density at radius 2 is 1.77 bits per heavy atom. The molecule has 2 aromatic carbocycles. The number of aryl methyl sites for hydroxylation is 1. The van der Waals surface area contributed by atoms with E-state index in [1.807, 2.05) is 57.2 Å². The largest absolute Gasteiger partial charge is 0.352 e. The third kappa shape index (κ3) is 7.53. The maximum Gasteiger partial charge on any atom is 0.242 e. The minimum atomic E-state index is -0.564. The van der Waals surface area contributed by atoms with Gasteiger partial charge in [-0.15, -0.1) is 11.8 Å². The lowest BCUT2D eigenvalue weighted by atomic mass is 10.1. The quantitative estimate of drug-likeness (QED) is 0.532. The van der Waals surface area contributed by atoms with E-state index in [9.17, 15) is 9.59 Å². The van der Waals surface area contributed by atoms with Gasteiger partial charge >= 0.3 is 0 Å². The first-order valence-electron chi connectivity index (χ1n) is 9.84. The van der Waals surface area contributed by atoms with Crippen molar-refractivity contribution in [2.24, 2.45) is 0 Å². The first kappa shape index (κ1) is 24.6. The number of nitrogens with zero attached hydrogens (tertiary/aromatic N) is 1. The number of hydrogen-bond acceptors (Lipinski definition) is 3. The molecule has 0 heterocycles. The molecule has 2 amide bonds. The molecule has 1 unspecified atom stereocenters. The van der Waals surface area contributed by atoms with Crippen LogP contribution in [0.15, 0.2) is 42.5 Å². The summed E-state index contributed by atoms with van der Waals surface area (Å²) in [5, 5.41) is 3.91. The van der Waals surface area contributed by atoms with E-state index >= 15 is 0 Å². The predicted molar refractivity (Wildman–Crippen MR) is 127 cm³/mol. The van der Waals surface area contributed by atoms with Crippen LogP contribution in [-0.2, 0) is 21.9 Å². The van der Waals surface area contributed by atoms with Crippen LogP contribution < -0.4 is 5.32 Å². The summed E-state index contributed by atoms with van der Waals surface area (Å²) in [5.41, 5.74) is 3.12. The Labute approximate surface area is 193 Å². The average molecular weight is 467 g/mol. The zero-order valence-electron chi connectivity index (χ0n) is 17.7. The molecule has 162 valence electrons.